The maximum atomic E-state index is 10.9. The van der Waals surface area contributed by atoms with E-state index in [9.17, 15) is 4.79 Å². The maximum absolute atomic E-state index is 10.9. The van der Waals surface area contributed by atoms with Crippen molar-refractivity contribution in [3.63, 3.8) is 0 Å². The van der Waals surface area contributed by atoms with Crippen molar-refractivity contribution >= 4 is 0 Å². The molecular formula is C7H9N3O. The molecule has 0 aromatic carbocycles. The average molecular weight is 151 g/mol. The van der Waals surface area contributed by atoms with Crippen LogP contribution in [0.3, 0.4) is 0 Å². The topological polar surface area (TPSA) is 71.8 Å². The monoisotopic (exact) mass is 151 g/mol. The van der Waals surface area contributed by atoms with Crippen LogP contribution in [0.15, 0.2) is 29.5 Å². The van der Waals surface area contributed by atoms with Crippen molar-refractivity contribution in [3.05, 3.63) is 40.7 Å². The Hall–Kier alpha value is -1.58. The Morgan fingerprint density at radius 3 is 3.18 bits per heavy atom. The summed E-state index contributed by atoms with van der Waals surface area (Å²) >= 11 is 0. The van der Waals surface area contributed by atoms with Gasteiger partial charge in [0.1, 0.15) is 5.69 Å². The number of nitrogens with zero attached hydrogens (tertiary/aromatic N) is 1. The molecule has 4 nitrogen and oxygen atoms in total. The maximum Gasteiger partial charge on any atom is 0.269 e. The molecule has 1 aromatic heterocycles. The highest BCUT2D eigenvalue weighted by Crippen LogP contribution is 1.84. The van der Waals surface area contributed by atoms with Gasteiger partial charge in [-0.05, 0) is 6.20 Å². The minimum absolute atomic E-state index is 0.161. The first-order chi connectivity index (χ1) is 5.34. The Morgan fingerprint density at radius 1 is 1.73 bits per heavy atom. The molecule has 0 atom stereocenters. The van der Waals surface area contributed by atoms with Crippen LogP contribution in [0, 0.1) is 0 Å². The Kier molecular flexibility index (Phi) is 2.43. The van der Waals surface area contributed by atoms with Crippen LogP contribution < -0.4 is 11.3 Å². The first-order valence-electron chi connectivity index (χ1n) is 3.24. The van der Waals surface area contributed by atoms with E-state index in [4.69, 9.17) is 5.73 Å². The lowest BCUT2D eigenvalue weighted by Crippen LogP contribution is -2.12. The molecule has 3 N–H and O–H groups in total. The molecule has 1 aromatic rings. The van der Waals surface area contributed by atoms with E-state index in [0.717, 1.165) is 0 Å². The SMILES string of the molecule is NC=CCc1ncc[nH]c1=O. The van der Waals surface area contributed by atoms with Gasteiger partial charge in [-0.2, -0.15) is 0 Å². The Balaban J connectivity index is 2.86. The largest absolute Gasteiger partial charge is 0.405 e. The number of aromatic amines is 1. The second-order valence-corrected chi connectivity index (χ2v) is 2.00. The van der Waals surface area contributed by atoms with Crippen LogP contribution >= 0.6 is 0 Å². The van der Waals surface area contributed by atoms with Crippen LogP contribution in [0.5, 0.6) is 0 Å². The van der Waals surface area contributed by atoms with E-state index in [2.05, 4.69) is 9.97 Å². The van der Waals surface area contributed by atoms with E-state index in [-0.39, 0.29) is 5.56 Å². The quantitative estimate of drug-likeness (QED) is 0.614. The molecule has 0 fully saturated rings. The van der Waals surface area contributed by atoms with Gasteiger partial charge in [-0.15, -0.1) is 0 Å². The molecule has 4 heteroatoms. The summed E-state index contributed by atoms with van der Waals surface area (Å²) in [7, 11) is 0. The second-order valence-electron chi connectivity index (χ2n) is 2.00. The summed E-state index contributed by atoms with van der Waals surface area (Å²) in [5.41, 5.74) is 5.43. The van der Waals surface area contributed by atoms with Gasteiger partial charge in [0.25, 0.3) is 5.56 Å². The number of H-pyrrole nitrogens is 1. The molecule has 0 saturated carbocycles. The molecule has 0 saturated heterocycles. The summed E-state index contributed by atoms with van der Waals surface area (Å²) < 4.78 is 0. The highest BCUT2D eigenvalue weighted by Gasteiger charge is 1.94. The van der Waals surface area contributed by atoms with Crippen molar-refractivity contribution in [2.24, 2.45) is 5.73 Å². The molecule has 0 aliphatic carbocycles. The van der Waals surface area contributed by atoms with Gasteiger partial charge in [-0.3, -0.25) is 9.78 Å². The summed E-state index contributed by atoms with van der Waals surface area (Å²) in [5, 5.41) is 0. The number of hydrogen-bond acceptors (Lipinski definition) is 3. The molecule has 0 bridgehead atoms. The second kappa shape index (κ2) is 3.55. The van der Waals surface area contributed by atoms with Crippen LogP contribution in [0.4, 0.5) is 0 Å². The van der Waals surface area contributed by atoms with Gasteiger partial charge in [-0.25, -0.2) is 0 Å². The molecule has 0 radical (unpaired) electrons. The smallest absolute Gasteiger partial charge is 0.269 e. The van der Waals surface area contributed by atoms with Crippen molar-refractivity contribution in [3.8, 4) is 0 Å². The summed E-state index contributed by atoms with van der Waals surface area (Å²) in [6.45, 7) is 0. The predicted octanol–water partition coefficient (Wildman–Crippen LogP) is -0.215. The highest BCUT2D eigenvalue weighted by molar-refractivity contribution is 5.01. The lowest BCUT2D eigenvalue weighted by molar-refractivity contribution is 1.01. The van der Waals surface area contributed by atoms with Crippen LogP contribution in [-0.2, 0) is 6.42 Å². The number of nitrogens with one attached hydrogen (secondary N) is 1. The van der Waals surface area contributed by atoms with Crippen molar-refractivity contribution in [2.45, 2.75) is 6.42 Å². The molecule has 0 aliphatic rings. The first-order valence-corrected chi connectivity index (χ1v) is 3.24. The standard InChI is InChI=1S/C7H9N3O/c8-3-1-2-6-7(11)10-5-4-9-6/h1,3-5H,2,8H2,(H,10,11). The van der Waals surface area contributed by atoms with E-state index in [1.54, 1.807) is 12.3 Å². The minimum atomic E-state index is -0.161. The normalized spacial score (nSPS) is 10.5. The van der Waals surface area contributed by atoms with E-state index in [0.29, 0.717) is 12.1 Å². The zero-order valence-electron chi connectivity index (χ0n) is 5.95. The molecule has 0 unspecified atom stereocenters. The van der Waals surface area contributed by atoms with Gasteiger partial charge in [-0.1, -0.05) is 6.08 Å². The Labute approximate surface area is 63.8 Å². The summed E-state index contributed by atoms with van der Waals surface area (Å²) in [5.74, 6) is 0. The van der Waals surface area contributed by atoms with E-state index in [1.165, 1.54) is 12.4 Å². The van der Waals surface area contributed by atoms with Gasteiger partial charge in [0.2, 0.25) is 0 Å². The molecule has 58 valence electrons. The van der Waals surface area contributed by atoms with Gasteiger partial charge in [0.15, 0.2) is 0 Å². The van der Waals surface area contributed by atoms with Crippen LogP contribution in [0.1, 0.15) is 5.69 Å². The fourth-order valence-corrected chi connectivity index (χ4v) is 0.707. The summed E-state index contributed by atoms with van der Waals surface area (Å²) in [6, 6.07) is 0. The van der Waals surface area contributed by atoms with Gasteiger partial charge < -0.3 is 10.7 Å². The fraction of sp³-hybridized carbons (Fsp3) is 0.143. The Bertz CT molecular complexity index is 303. The van der Waals surface area contributed by atoms with Crippen LogP contribution in [0.25, 0.3) is 0 Å². The van der Waals surface area contributed by atoms with E-state index >= 15 is 0 Å². The van der Waals surface area contributed by atoms with Gasteiger partial charge in [0, 0.05) is 18.8 Å². The number of aromatic nitrogens is 2. The van der Waals surface area contributed by atoms with Gasteiger partial charge >= 0.3 is 0 Å². The van der Waals surface area contributed by atoms with Crippen molar-refractivity contribution in [1.29, 1.82) is 0 Å². The van der Waals surface area contributed by atoms with Gasteiger partial charge in [0.05, 0.1) is 0 Å². The molecular weight excluding hydrogens is 142 g/mol. The van der Waals surface area contributed by atoms with Crippen molar-refractivity contribution in [2.75, 3.05) is 0 Å². The zero-order chi connectivity index (χ0) is 8.10. The fourth-order valence-electron chi connectivity index (χ4n) is 0.707. The molecule has 1 rings (SSSR count). The summed E-state index contributed by atoms with van der Waals surface area (Å²) in [6.07, 6.45) is 6.59. The molecule has 0 amide bonds. The molecule has 11 heavy (non-hydrogen) atoms. The van der Waals surface area contributed by atoms with Crippen LogP contribution in [0.2, 0.25) is 0 Å². The number of rotatable bonds is 2. The highest BCUT2D eigenvalue weighted by atomic mass is 16.1. The first kappa shape index (κ1) is 7.53. The van der Waals surface area contributed by atoms with Crippen molar-refractivity contribution in [1.82, 2.24) is 9.97 Å². The molecule has 0 spiro atoms. The number of hydrogen-bond donors (Lipinski definition) is 2. The summed E-state index contributed by atoms with van der Waals surface area (Å²) in [4.78, 5) is 17.3. The molecule has 0 aliphatic heterocycles. The van der Waals surface area contributed by atoms with Crippen LogP contribution in [-0.4, -0.2) is 9.97 Å². The number of allylic oxidation sites excluding steroid dienone is 1. The average Bonchev–Trinajstić information content (AvgIpc) is 2.03. The molecule has 1 heterocycles. The van der Waals surface area contributed by atoms with E-state index < -0.39 is 0 Å². The third-order valence-corrected chi connectivity index (χ3v) is 1.23. The predicted molar refractivity (Wildman–Crippen MR) is 41.9 cm³/mol. The van der Waals surface area contributed by atoms with Crippen molar-refractivity contribution < 1.29 is 0 Å². The Morgan fingerprint density at radius 2 is 2.55 bits per heavy atom. The zero-order valence-corrected chi connectivity index (χ0v) is 5.95. The minimum Gasteiger partial charge on any atom is -0.405 e. The third-order valence-electron chi connectivity index (χ3n) is 1.23. The lowest BCUT2D eigenvalue weighted by atomic mass is 10.3. The van der Waals surface area contributed by atoms with E-state index in [1.807, 2.05) is 0 Å². The third kappa shape index (κ3) is 1.93. The number of nitrogens with two attached hydrogens (primary N) is 1. The lowest BCUT2D eigenvalue weighted by Gasteiger charge is -1.90.